The van der Waals surface area contributed by atoms with Crippen LogP contribution >= 0.6 is 0 Å². The maximum atomic E-state index is 12.4. The third-order valence-corrected chi connectivity index (χ3v) is 5.48. The lowest BCUT2D eigenvalue weighted by molar-refractivity contribution is -0.138. The number of rotatable bonds is 5. The smallest absolute Gasteiger partial charge is 0.335 e. The van der Waals surface area contributed by atoms with Gasteiger partial charge in [0.1, 0.15) is 0 Å². The summed E-state index contributed by atoms with van der Waals surface area (Å²) in [5, 5.41) is 12.0. The van der Waals surface area contributed by atoms with Gasteiger partial charge in [-0.05, 0) is 43.0 Å². The molecule has 2 atom stereocenters. The number of hydrogen-bond acceptors (Lipinski definition) is 4. The lowest BCUT2D eigenvalue weighted by atomic mass is 9.95. The van der Waals surface area contributed by atoms with E-state index in [1.807, 2.05) is 18.9 Å². The molecule has 0 radical (unpaired) electrons. The predicted octanol–water partition coefficient (Wildman–Crippen LogP) is 0.862. The zero-order valence-corrected chi connectivity index (χ0v) is 15.2. The lowest BCUT2D eigenvalue weighted by Gasteiger charge is -2.32. The Hall–Kier alpha value is -2.41. The number of hydrogen-bond donors (Lipinski definition) is 2. The molecule has 1 aromatic carbocycles. The molecule has 1 aromatic rings. The Morgan fingerprint density at radius 3 is 2.77 bits per heavy atom. The summed E-state index contributed by atoms with van der Waals surface area (Å²) in [6, 6.07) is 5.09. The molecular weight excluding hydrogens is 334 g/mol. The summed E-state index contributed by atoms with van der Waals surface area (Å²) in [7, 11) is 1.85. The first kappa shape index (κ1) is 18.4. The van der Waals surface area contributed by atoms with E-state index in [1.165, 1.54) is 0 Å². The van der Waals surface area contributed by atoms with Gasteiger partial charge in [-0.1, -0.05) is 6.07 Å². The van der Waals surface area contributed by atoms with Gasteiger partial charge in [-0.25, -0.2) is 4.79 Å². The van der Waals surface area contributed by atoms with Gasteiger partial charge in [-0.3, -0.25) is 14.5 Å². The number of aryl methyl sites for hydroxylation is 1. The monoisotopic (exact) mass is 359 g/mol. The van der Waals surface area contributed by atoms with Crippen LogP contribution in [0.1, 0.15) is 34.3 Å². The van der Waals surface area contributed by atoms with Gasteiger partial charge in [0.15, 0.2) is 0 Å². The SMILES string of the molecule is Cc1ccc(C(=O)O)cc1CNC(=O)CN1C[C@H]2CC[C@@H](C1)N(C)C2=O. The largest absolute Gasteiger partial charge is 0.478 e. The zero-order chi connectivity index (χ0) is 18.8. The Morgan fingerprint density at radius 2 is 2.04 bits per heavy atom. The minimum absolute atomic E-state index is 0.0129. The van der Waals surface area contributed by atoms with Crippen molar-refractivity contribution in [3.05, 3.63) is 34.9 Å². The van der Waals surface area contributed by atoms with Crippen molar-refractivity contribution in [2.45, 2.75) is 32.4 Å². The second-order valence-electron chi connectivity index (χ2n) is 7.29. The van der Waals surface area contributed by atoms with E-state index < -0.39 is 5.97 Å². The highest BCUT2D eigenvalue weighted by atomic mass is 16.4. The molecule has 7 heteroatoms. The topological polar surface area (TPSA) is 89.9 Å². The Labute approximate surface area is 153 Å². The van der Waals surface area contributed by atoms with Crippen LogP contribution in [-0.4, -0.2) is 65.4 Å². The molecular formula is C19H25N3O4. The molecule has 140 valence electrons. The van der Waals surface area contributed by atoms with Crippen LogP contribution in [0.2, 0.25) is 0 Å². The Morgan fingerprint density at radius 1 is 1.27 bits per heavy atom. The first-order chi connectivity index (χ1) is 12.3. The van der Waals surface area contributed by atoms with Crippen molar-refractivity contribution in [2.75, 3.05) is 26.7 Å². The van der Waals surface area contributed by atoms with Gasteiger partial charge < -0.3 is 15.3 Å². The number of carboxylic acids is 1. The van der Waals surface area contributed by atoms with Gasteiger partial charge in [0.25, 0.3) is 0 Å². The molecule has 2 bridgehead atoms. The summed E-state index contributed by atoms with van der Waals surface area (Å²) in [5.74, 6) is -0.917. The van der Waals surface area contributed by atoms with Gasteiger partial charge in [-0.2, -0.15) is 0 Å². The number of carbonyl (C=O) groups excluding carboxylic acids is 2. The number of carbonyl (C=O) groups is 3. The minimum Gasteiger partial charge on any atom is -0.478 e. The van der Waals surface area contributed by atoms with Crippen molar-refractivity contribution < 1.29 is 19.5 Å². The van der Waals surface area contributed by atoms with Gasteiger partial charge >= 0.3 is 5.97 Å². The lowest BCUT2D eigenvalue weighted by Crippen LogP contribution is -2.45. The fourth-order valence-electron chi connectivity index (χ4n) is 3.82. The number of aromatic carboxylic acids is 1. The average molecular weight is 359 g/mol. The minimum atomic E-state index is -0.980. The molecule has 2 amide bonds. The summed E-state index contributed by atoms with van der Waals surface area (Å²) in [4.78, 5) is 39.6. The molecule has 4 rings (SSSR count). The highest BCUT2D eigenvalue weighted by Crippen LogP contribution is 2.27. The van der Waals surface area contributed by atoms with Crippen LogP contribution in [0.3, 0.4) is 0 Å². The molecule has 3 aliphatic heterocycles. The molecule has 2 N–H and O–H groups in total. The van der Waals surface area contributed by atoms with Crippen LogP contribution in [0.4, 0.5) is 0 Å². The second-order valence-corrected chi connectivity index (χ2v) is 7.29. The van der Waals surface area contributed by atoms with E-state index in [0.29, 0.717) is 13.1 Å². The average Bonchev–Trinajstić information content (AvgIpc) is 2.86. The van der Waals surface area contributed by atoms with Crippen molar-refractivity contribution in [3.63, 3.8) is 0 Å². The molecule has 0 spiro atoms. The van der Waals surface area contributed by atoms with Crippen LogP contribution in [0.5, 0.6) is 0 Å². The van der Waals surface area contributed by atoms with Crippen molar-refractivity contribution in [1.82, 2.24) is 15.1 Å². The fraction of sp³-hybridized carbons (Fsp3) is 0.526. The molecule has 3 aliphatic rings. The maximum absolute atomic E-state index is 12.4. The molecule has 0 saturated carbocycles. The third kappa shape index (κ3) is 3.88. The van der Waals surface area contributed by atoms with Crippen molar-refractivity contribution in [1.29, 1.82) is 0 Å². The first-order valence-electron chi connectivity index (χ1n) is 8.93. The molecule has 0 aromatic heterocycles. The quantitative estimate of drug-likeness (QED) is 0.814. The maximum Gasteiger partial charge on any atom is 0.335 e. The number of carboxylic acid groups (broad SMARTS) is 1. The summed E-state index contributed by atoms with van der Waals surface area (Å²) in [5.41, 5.74) is 1.95. The number of fused-ring (bicyclic) bond motifs is 4. The molecule has 0 unspecified atom stereocenters. The predicted molar refractivity (Wildman–Crippen MR) is 95.7 cm³/mol. The highest BCUT2D eigenvalue weighted by molar-refractivity contribution is 5.88. The summed E-state index contributed by atoms with van der Waals surface area (Å²) in [6.07, 6.45) is 1.89. The number of amides is 2. The van der Waals surface area contributed by atoms with E-state index in [0.717, 1.165) is 30.5 Å². The number of nitrogens with one attached hydrogen (secondary N) is 1. The Kier molecular flexibility index (Phi) is 5.27. The number of benzene rings is 1. The van der Waals surface area contributed by atoms with Gasteiger partial charge in [0.2, 0.25) is 11.8 Å². The van der Waals surface area contributed by atoms with Gasteiger partial charge in [0, 0.05) is 32.7 Å². The van der Waals surface area contributed by atoms with E-state index in [9.17, 15) is 14.4 Å². The molecule has 0 aliphatic carbocycles. The standard InChI is InChI=1S/C19H25N3O4/c1-12-3-4-13(19(25)26)7-15(12)8-20-17(23)11-22-9-14-5-6-16(10-22)21(2)18(14)24/h3-4,7,14,16H,5-6,8-11H2,1-2H3,(H,20,23)(H,25,26)/t14-,16+/m1/s1. The van der Waals surface area contributed by atoms with Crippen LogP contribution in [0.15, 0.2) is 18.2 Å². The normalized spacial score (nSPS) is 23.0. The van der Waals surface area contributed by atoms with Crippen LogP contribution in [0.25, 0.3) is 0 Å². The molecule has 7 nitrogen and oxygen atoms in total. The summed E-state index contributed by atoms with van der Waals surface area (Å²) in [6.45, 7) is 3.79. The number of nitrogens with zero attached hydrogens (tertiary/aromatic N) is 2. The van der Waals surface area contributed by atoms with Crippen LogP contribution in [0, 0.1) is 12.8 Å². The van der Waals surface area contributed by atoms with Crippen molar-refractivity contribution in [3.8, 4) is 0 Å². The summed E-state index contributed by atoms with van der Waals surface area (Å²) < 4.78 is 0. The van der Waals surface area contributed by atoms with E-state index >= 15 is 0 Å². The van der Waals surface area contributed by atoms with Crippen LogP contribution in [-0.2, 0) is 16.1 Å². The van der Waals surface area contributed by atoms with Crippen LogP contribution < -0.4 is 5.32 Å². The van der Waals surface area contributed by atoms with Gasteiger partial charge in [0.05, 0.1) is 18.0 Å². The Balaban J connectivity index is 1.57. The van der Waals surface area contributed by atoms with E-state index in [4.69, 9.17) is 5.11 Å². The third-order valence-electron chi connectivity index (χ3n) is 5.48. The number of likely N-dealkylation sites (N-methyl/N-ethyl adjacent to an activating group) is 1. The van der Waals surface area contributed by atoms with Crippen molar-refractivity contribution in [2.24, 2.45) is 5.92 Å². The molecule has 26 heavy (non-hydrogen) atoms. The van der Waals surface area contributed by atoms with E-state index in [2.05, 4.69) is 10.2 Å². The van der Waals surface area contributed by atoms with E-state index in [1.54, 1.807) is 18.2 Å². The highest BCUT2D eigenvalue weighted by Gasteiger charge is 2.38. The molecule has 3 fully saturated rings. The van der Waals surface area contributed by atoms with Crippen molar-refractivity contribution >= 4 is 17.8 Å². The molecule has 3 heterocycles. The molecule has 3 saturated heterocycles. The fourth-order valence-corrected chi connectivity index (χ4v) is 3.82. The zero-order valence-electron chi connectivity index (χ0n) is 15.2. The van der Waals surface area contributed by atoms with Gasteiger partial charge in [-0.15, -0.1) is 0 Å². The number of piperidine rings is 1. The Bertz CT molecular complexity index is 733. The van der Waals surface area contributed by atoms with E-state index in [-0.39, 0.29) is 35.9 Å². The summed E-state index contributed by atoms with van der Waals surface area (Å²) >= 11 is 0. The first-order valence-corrected chi connectivity index (χ1v) is 8.93. The second kappa shape index (κ2) is 7.45.